The van der Waals surface area contributed by atoms with E-state index in [4.69, 9.17) is 14.2 Å². The molecular formula is C24H30N2O6. The molecule has 0 saturated carbocycles. The molecule has 2 aromatic rings. The van der Waals surface area contributed by atoms with Crippen molar-refractivity contribution in [1.82, 2.24) is 4.90 Å². The van der Waals surface area contributed by atoms with Crippen LogP contribution in [0.1, 0.15) is 43.9 Å². The summed E-state index contributed by atoms with van der Waals surface area (Å²) >= 11 is 0. The van der Waals surface area contributed by atoms with Crippen molar-refractivity contribution in [3.05, 3.63) is 57.6 Å². The first-order valence-electron chi connectivity index (χ1n) is 10.9. The number of amides is 1. The summed E-state index contributed by atoms with van der Waals surface area (Å²) in [5.41, 5.74) is 2.06. The molecule has 0 bridgehead atoms. The Hall–Kier alpha value is -3.29. The van der Waals surface area contributed by atoms with Gasteiger partial charge in [0.25, 0.3) is 5.69 Å². The number of ether oxygens (including phenoxy) is 3. The van der Waals surface area contributed by atoms with Crippen molar-refractivity contribution in [3.63, 3.8) is 0 Å². The Labute approximate surface area is 188 Å². The Balaban J connectivity index is 1.94. The van der Waals surface area contributed by atoms with Gasteiger partial charge in [0, 0.05) is 24.6 Å². The zero-order chi connectivity index (χ0) is 23.3. The second kappa shape index (κ2) is 10.3. The summed E-state index contributed by atoms with van der Waals surface area (Å²) in [6, 6.07) is 9.54. The smallest absolute Gasteiger partial charge is 0.269 e. The Morgan fingerprint density at radius 2 is 1.75 bits per heavy atom. The van der Waals surface area contributed by atoms with E-state index in [0.717, 1.165) is 30.4 Å². The number of rotatable bonds is 9. The fraction of sp³-hybridized carbons (Fsp3) is 0.458. The van der Waals surface area contributed by atoms with Gasteiger partial charge in [-0.25, -0.2) is 0 Å². The maximum atomic E-state index is 13.3. The van der Waals surface area contributed by atoms with Crippen molar-refractivity contribution in [3.8, 4) is 17.2 Å². The molecule has 8 heteroatoms. The highest BCUT2D eigenvalue weighted by molar-refractivity contribution is 5.79. The summed E-state index contributed by atoms with van der Waals surface area (Å²) in [5.74, 6) is 1.84. The maximum absolute atomic E-state index is 13.3. The molecule has 172 valence electrons. The van der Waals surface area contributed by atoms with Crippen LogP contribution in [0.2, 0.25) is 0 Å². The molecule has 32 heavy (non-hydrogen) atoms. The highest BCUT2D eigenvalue weighted by atomic mass is 16.6. The molecule has 0 radical (unpaired) electrons. The zero-order valence-electron chi connectivity index (χ0n) is 19.0. The first-order chi connectivity index (χ1) is 15.4. The fourth-order valence-corrected chi connectivity index (χ4v) is 4.18. The average Bonchev–Trinajstić information content (AvgIpc) is 2.82. The van der Waals surface area contributed by atoms with Gasteiger partial charge in [-0.3, -0.25) is 14.9 Å². The number of non-ortho nitro benzene ring substituents is 1. The topological polar surface area (TPSA) is 91.1 Å². The molecule has 0 aromatic heterocycles. The maximum Gasteiger partial charge on any atom is 0.269 e. The van der Waals surface area contributed by atoms with Crippen molar-refractivity contribution in [2.24, 2.45) is 5.92 Å². The normalized spacial score (nSPS) is 15.3. The zero-order valence-corrected chi connectivity index (χ0v) is 19.0. The van der Waals surface area contributed by atoms with Crippen LogP contribution in [0, 0.1) is 16.0 Å². The molecule has 0 fully saturated rings. The molecule has 1 unspecified atom stereocenters. The van der Waals surface area contributed by atoms with Gasteiger partial charge in [0.15, 0.2) is 11.5 Å². The Kier molecular flexibility index (Phi) is 7.56. The number of carbonyl (C=O) groups is 1. The van der Waals surface area contributed by atoms with E-state index in [1.807, 2.05) is 30.9 Å². The van der Waals surface area contributed by atoms with Crippen molar-refractivity contribution in [1.29, 1.82) is 0 Å². The minimum Gasteiger partial charge on any atom is -0.493 e. The Bertz CT molecular complexity index is 956. The molecule has 0 saturated heterocycles. The summed E-state index contributed by atoms with van der Waals surface area (Å²) in [4.78, 5) is 25.7. The standard InChI is InChI=1S/C24H30N2O6/c1-5-16(6-2)24(27)25-12-11-17-13-22(30-3)23(31-4)14-20(17)21(25)15-32-19-9-7-18(8-10-19)26(28)29/h7-10,13-14,16,21H,5-6,11-12,15H2,1-4H3. The molecule has 2 aromatic carbocycles. The molecule has 1 amide bonds. The van der Waals surface area contributed by atoms with Gasteiger partial charge in [0.2, 0.25) is 5.91 Å². The lowest BCUT2D eigenvalue weighted by atomic mass is 9.90. The summed E-state index contributed by atoms with van der Waals surface area (Å²) in [6.07, 6.45) is 2.27. The minimum atomic E-state index is -0.448. The van der Waals surface area contributed by atoms with Gasteiger partial charge in [-0.2, -0.15) is 0 Å². The molecule has 3 rings (SSSR count). The molecule has 0 N–H and O–H groups in total. The molecule has 8 nitrogen and oxygen atoms in total. The van der Waals surface area contributed by atoms with Crippen LogP contribution in [0.25, 0.3) is 0 Å². The van der Waals surface area contributed by atoms with E-state index in [-0.39, 0.29) is 30.2 Å². The van der Waals surface area contributed by atoms with Gasteiger partial charge >= 0.3 is 0 Å². The summed E-state index contributed by atoms with van der Waals surface area (Å²) < 4.78 is 17.0. The summed E-state index contributed by atoms with van der Waals surface area (Å²) in [7, 11) is 3.19. The molecule has 1 aliphatic heterocycles. The van der Waals surface area contributed by atoms with Crippen LogP contribution in [-0.4, -0.2) is 43.1 Å². The lowest BCUT2D eigenvalue weighted by Gasteiger charge is -2.39. The predicted octanol–water partition coefficient (Wildman–Crippen LogP) is 4.55. The number of hydrogen-bond donors (Lipinski definition) is 0. The van der Waals surface area contributed by atoms with E-state index in [0.29, 0.717) is 23.8 Å². The van der Waals surface area contributed by atoms with Gasteiger partial charge in [-0.1, -0.05) is 13.8 Å². The third kappa shape index (κ3) is 4.79. The lowest BCUT2D eigenvalue weighted by molar-refractivity contribution is -0.384. The lowest BCUT2D eigenvalue weighted by Crippen LogP contribution is -2.45. The van der Waals surface area contributed by atoms with Crippen LogP contribution in [-0.2, 0) is 11.2 Å². The fourth-order valence-electron chi connectivity index (χ4n) is 4.18. The van der Waals surface area contributed by atoms with E-state index in [1.54, 1.807) is 26.4 Å². The first-order valence-corrected chi connectivity index (χ1v) is 10.9. The van der Waals surface area contributed by atoms with Gasteiger partial charge in [0.1, 0.15) is 12.4 Å². The average molecular weight is 443 g/mol. The monoisotopic (exact) mass is 442 g/mol. The molecule has 1 aliphatic rings. The van der Waals surface area contributed by atoms with E-state index in [2.05, 4.69) is 0 Å². The van der Waals surface area contributed by atoms with Crippen molar-refractivity contribution in [2.75, 3.05) is 27.4 Å². The number of nitrogens with zero attached hydrogens (tertiary/aromatic N) is 2. The summed E-state index contributed by atoms with van der Waals surface area (Å²) in [6.45, 7) is 4.87. The molecular weight excluding hydrogens is 412 g/mol. The second-order valence-corrected chi connectivity index (χ2v) is 7.78. The SMILES string of the molecule is CCC(CC)C(=O)N1CCc2cc(OC)c(OC)cc2C1COc1ccc([N+](=O)[O-])cc1. The second-order valence-electron chi connectivity index (χ2n) is 7.78. The Morgan fingerprint density at radius 3 is 2.31 bits per heavy atom. The van der Waals surface area contributed by atoms with E-state index in [9.17, 15) is 14.9 Å². The van der Waals surface area contributed by atoms with Crippen LogP contribution in [0.4, 0.5) is 5.69 Å². The third-order valence-electron chi connectivity index (χ3n) is 6.08. The molecule has 0 aliphatic carbocycles. The number of nitro groups is 1. The predicted molar refractivity (Wildman–Crippen MR) is 120 cm³/mol. The van der Waals surface area contributed by atoms with Crippen LogP contribution in [0.15, 0.2) is 36.4 Å². The van der Waals surface area contributed by atoms with Crippen LogP contribution in [0.5, 0.6) is 17.2 Å². The van der Waals surface area contributed by atoms with Crippen LogP contribution < -0.4 is 14.2 Å². The number of carbonyl (C=O) groups excluding carboxylic acids is 1. The van der Waals surface area contributed by atoms with E-state index >= 15 is 0 Å². The van der Waals surface area contributed by atoms with Crippen molar-refractivity contribution < 1.29 is 23.9 Å². The molecule has 1 heterocycles. The number of hydrogen-bond acceptors (Lipinski definition) is 6. The first kappa shape index (κ1) is 23.4. The highest BCUT2D eigenvalue weighted by Gasteiger charge is 2.35. The number of nitro benzene ring substituents is 1. The largest absolute Gasteiger partial charge is 0.493 e. The summed E-state index contributed by atoms with van der Waals surface area (Å²) in [5, 5.41) is 10.9. The minimum absolute atomic E-state index is 0.00253. The van der Waals surface area contributed by atoms with Crippen molar-refractivity contribution in [2.45, 2.75) is 39.2 Å². The van der Waals surface area contributed by atoms with Gasteiger partial charge in [-0.05, 0) is 54.7 Å². The molecule has 1 atom stereocenters. The highest BCUT2D eigenvalue weighted by Crippen LogP contribution is 2.39. The quantitative estimate of drug-likeness (QED) is 0.418. The third-order valence-corrected chi connectivity index (χ3v) is 6.08. The van der Waals surface area contributed by atoms with E-state index < -0.39 is 4.92 Å². The van der Waals surface area contributed by atoms with Crippen LogP contribution >= 0.6 is 0 Å². The van der Waals surface area contributed by atoms with Crippen molar-refractivity contribution >= 4 is 11.6 Å². The van der Waals surface area contributed by atoms with E-state index in [1.165, 1.54) is 12.1 Å². The van der Waals surface area contributed by atoms with Gasteiger partial charge in [0.05, 0.1) is 25.2 Å². The Morgan fingerprint density at radius 1 is 1.12 bits per heavy atom. The molecule has 0 spiro atoms. The van der Waals surface area contributed by atoms with Gasteiger partial charge < -0.3 is 19.1 Å². The van der Waals surface area contributed by atoms with Gasteiger partial charge in [-0.15, -0.1) is 0 Å². The van der Waals surface area contributed by atoms with Crippen LogP contribution in [0.3, 0.4) is 0 Å². The number of fused-ring (bicyclic) bond motifs is 1. The number of methoxy groups -OCH3 is 2. The number of benzene rings is 2.